The summed E-state index contributed by atoms with van der Waals surface area (Å²) in [7, 11) is 0. The second-order valence-electron chi connectivity index (χ2n) is 5.60. The van der Waals surface area contributed by atoms with E-state index in [9.17, 15) is 13.2 Å². The van der Waals surface area contributed by atoms with Crippen molar-refractivity contribution >= 4 is 5.82 Å². The van der Waals surface area contributed by atoms with Crippen molar-refractivity contribution in [1.82, 2.24) is 4.98 Å². The molecular weight excluding hydrogens is 337 g/mol. The number of hydrogen-bond acceptors (Lipinski definition) is 2. The van der Waals surface area contributed by atoms with Crippen molar-refractivity contribution in [2.24, 2.45) is 0 Å². The first-order chi connectivity index (χ1) is 12.3. The molecule has 0 spiro atoms. The monoisotopic (exact) mass is 358 g/mol. The zero-order valence-electron chi connectivity index (χ0n) is 14.9. The molecule has 0 atom stereocenters. The summed E-state index contributed by atoms with van der Waals surface area (Å²) in [5.41, 5.74) is 9.42. The van der Waals surface area contributed by atoms with Gasteiger partial charge in [-0.05, 0) is 36.2 Å². The fourth-order valence-electron chi connectivity index (χ4n) is 2.45. The Balaban J connectivity index is 0.00000117. The van der Waals surface area contributed by atoms with Gasteiger partial charge in [0.05, 0.1) is 5.56 Å². The Kier molecular flexibility index (Phi) is 6.03. The summed E-state index contributed by atoms with van der Waals surface area (Å²) in [6.45, 7) is 6.00. The number of nitrogens with two attached hydrogens (primary N) is 1. The zero-order chi connectivity index (χ0) is 19.3. The summed E-state index contributed by atoms with van der Waals surface area (Å²) in [4.78, 5) is 4.18. The maximum Gasteiger partial charge on any atom is 0.416 e. The fourth-order valence-corrected chi connectivity index (χ4v) is 2.45. The van der Waals surface area contributed by atoms with E-state index in [-0.39, 0.29) is 5.82 Å². The average molecular weight is 358 g/mol. The molecule has 0 amide bonds. The lowest BCUT2D eigenvalue weighted by Gasteiger charge is -2.11. The number of benzene rings is 2. The van der Waals surface area contributed by atoms with Gasteiger partial charge in [0.1, 0.15) is 5.82 Å². The largest absolute Gasteiger partial charge is 0.416 e. The van der Waals surface area contributed by atoms with Crippen LogP contribution >= 0.6 is 0 Å². The summed E-state index contributed by atoms with van der Waals surface area (Å²) in [6, 6.07) is 14.7. The van der Waals surface area contributed by atoms with Crippen molar-refractivity contribution in [3.8, 4) is 22.3 Å². The lowest BCUT2D eigenvalue weighted by molar-refractivity contribution is -0.137. The van der Waals surface area contributed by atoms with Crippen LogP contribution in [0.5, 0.6) is 0 Å². The highest BCUT2D eigenvalue weighted by Crippen LogP contribution is 2.33. The number of anilines is 1. The maximum absolute atomic E-state index is 12.7. The van der Waals surface area contributed by atoms with E-state index in [2.05, 4.69) is 4.98 Å². The van der Waals surface area contributed by atoms with Gasteiger partial charge in [0.25, 0.3) is 0 Å². The van der Waals surface area contributed by atoms with Gasteiger partial charge in [-0.25, -0.2) is 4.98 Å². The molecule has 26 heavy (non-hydrogen) atoms. The van der Waals surface area contributed by atoms with E-state index >= 15 is 0 Å². The molecule has 0 fully saturated rings. The highest BCUT2D eigenvalue weighted by molar-refractivity contribution is 5.79. The van der Waals surface area contributed by atoms with Crippen LogP contribution in [0.1, 0.15) is 25.0 Å². The zero-order valence-corrected chi connectivity index (χ0v) is 14.9. The molecular formula is C21H21F3N2. The highest BCUT2D eigenvalue weighted by atomic mass is 19.4. The summed E-state index contributed by atoms with van der Waals surface area (Å²) in [5, 5.41) is 0. The third-order valence-corrected chi connectivity index (χ3v) is 3.83. The Labute approximate surface area is 151 Å². The van der Waals surface area contributed by atoms with Gasteiger partial charge in [0.15, 0.2) is 0 Å². The molecule has 0 saturated carbocycles. The molecule has 3 aromatic rings. The number of aromatic nitrogens is 1. The summed E-state index contributed by atoms with van der Waals surface area (Å²) in [5.74, 6) is 0.283. The second kappa shape index (κ2) is 8.04. The summed E-state index contributed by atoms with van der Waals surface area (Å²) >= 11 is 0. The molecule has 0 saturated heterocycles. The van der Waals surface area contributed by atoms with E-state index in [1.165, 1.54) is 12.1 Å². The lowest BCUT2D eigenvalue weighted by atomic mass is 9.99. The summed E-state index contributed by atoms with van der Waals surface area (Å²) < 4.78 is 38.0. The summed E-state index contributed by atoms with van der Waals surface area (Å²) in [6.07, 6.45) is -2.69. The molecule has 0 unspecified atom stereocenters. The molecule has 0 bridgehead atoms. The van der Waals surface area contributed by atoms with Crippen LogP contribution in [0.15, 0.2) is 60.8 Å². The Hall–Kier alpha value is -2.82. The number of rotatable bonds is 2. The molecule has 2 nitrogen and oxygen atoms in total. The minimum absolute atomic E-state index is 0.283. The van der Waals surface area contributed by atoms with E-state index in [0.717, 1.165) is 28.8 Å². The lowest BCUT2D eigenvalue weighted by Crippen LogP contribution is -2.04. The molecule has 0 radical (unpaired) electrons. The van der Waals surface area contributed by atoms with Crippen LogP contribution < -0.4 is 5.73 Å². The first-order valence-corrected chi connectivity index (χ1v) is 8.35. The Morgan fingerprint density at radius 1 is 0.808 bits per heavy atom. The number of nitrogen functional groups attached to an aromatic ring is 1. The van der Waals surface area contributed by atoms with Gasteiger partial charge in [0, 0.05) is 17.3 Å². The Morgan fingerprint density at radius 3 is 1.88 bits per heavy atom. The molecule has 3 rings (SSSR count). The van der Waals surface area contributed by atoms with Gasteiger partial charge in [-0.15, -0.1) is 0 Å². The van der Waals surface area contributed by atoms with E-state index < -0.39 is 11.7 Å². The van der Waals surface area contributed by atoms with E-state index in [1.807, 2.05) is 51.1 Å². The van der Waals surface area contributed by atoms with E-state index in [0.29, 0.717) is 11.1 Å². The van der Waals surface area contributed by atoms with Crippen molar-refractivity contribution in [1.29, 1.82) is 0 Å². The smallest absolute Gasteiger partial charge is 0.383 e. The number of hydrogen-bond donors (Lipinski definition) is 1. The standard InChI is InChI=1S/C19H15F3N2.C2H6/c1-12-2-4-13(5-3-12)15-10-17(18(23)24-11-15)14-6-8-16(9-7-14)19(20,21)22;1-2/h2-11H,1H3,(H2,23,24);1-2H3. The second-order valence-corrected chi connectivity index (χ2v) is 5.60. The van der Waals surface area contributed by atoms with Gasteiger partial charge in [-0.1, -0.05) is 55.8 Å². The number of alkyl halides is 3. The maximum atomic E-state index is 12.7. The molecule has 5 heteroatoms. The van der Waals surface area contributed by atoms with Crippen LogP contribution in [0.2, 0.25) is 0 Å². The molecule has 0 aliphatic rings. The van der Waals surface area contributed by atoms with Gasteiger partial charge >= 0.3 is 6.18 Å². The predicted molar refractivity (Wildman–Crippen MR) is 101 cm³/mol. The molecule has 1 heterocycles. The van der Waals surface area contributed by atoms with Crippen molar-refractivity contribution in [3.63, 3.8) is 0 Å². The number of aryl methyl sites for hydroxylation is 1. The molecule has 2 aromatic carbocycles. The minimum atomic E-state index is -4.36. The van der Waals surface area contributed by atoms with Crippen molar-refractivity contribution in [2.75, 3.05) is 5.73 Å². The quantitative estimate of drug-likeness (QED) is 0.579. The third kappa shape index (κ3) is 4.42. The molecule has 136 valence electrons. The predicted octanol–water partition coefficient (Wildman–Crippen LogP) is 6.35. The van der Waals surface area contributed by atoms with Crippen LogP contribution in [0.3, 0.4) is 0 Å². The minimum Gasteiger partial charge on any atom is -0.383 e. The molecule has 0 aliphatic carbocycles. The molecule has 0 aliphatic heterocycles. The van der Waals surface area contributed by atoms with Crippen LogP contribution in [-0.2, 0) is 6.18 Å². The van der Waals surface area contributed by atoms with Crippen LogP contribution in [0, 0.1) is 6.92 Å². The van der Waals surface area contributed by atoms with Crippen molar-refractivity contribution in [2.45, 2.75) is 26.9 Å². The van der Waals surface area contributed by atoms with Crippen LogP contribution in [-0.4, -0.2) is 4.98 Å². The topological polar surface area (TPSA) is 38.9 Å². The van der Waals surface area contributed by atoms with Gasteiger partial charge in [-0.2, -0.15) is 13.2 Å². The van der Waals surface area contributed by atoms with E-state index in [1.54, 1.807) is 6.20 Å². The van der Waals surface area contributed by atoms with Crippen molar-refractivity contribution in [3.05, 3.63) is 71.9 Å². The molecule has 2 N–H and O–H groups in total. The SMILES string of the molecule is CC.Cc1ccc(-c2cnc(N)c(-c3ccc(C(F)(F)F)cc3)c2)cc1. The van der Waals surface area contributed by atoms with Gasteiger partial charge in [0.2, 0.25) is 0 Å². The first kappa shape index (κ1) is 19.5. The Morgan fingerprint density at radius 2 is 1.35 bits per heavy atom. The fraction of sp³-hybridized carbons (Fsp3) is 0.190. The van der Waals surface area contributed by atoms with Gasteiger partial charge in [-0.3, -0.25) is 0 Å². The first-order valence-electron chi connectivity index (χ1n) is 8.35. The van der Waals surface area contributed by atoms with Gasteiger partial charge < -0.3 is 5.73 Å². The molecule has 1 aromatic heterocycles. The van der Waals surface area contributed by atoms with E-state index in [4.69, 9.17) is 5.73 Å². The Bertz CT molecular complexity index is 852. The van der Waals surface area contributed by atoms with Crippen LogP contribution in [0.25, 0.3) is 22.3 Å². The van der Waals surface area contributed by atoms with Crippen molar-refractivity contribution < 1.29 is 13.2 Å². The number of pyridine rings is 1. The number of nitrogens with zero attached hydrogens (tertiary/aromatic N) is 1. The highest BCUT2D eigenvalue weighted by Gasteiger charge is 2.30. The average Bonchev–Trinajstić information content (AvgIpc) is 2.64. The normalized spacial score (nSPS) is 10.8. The number of halogens is 3. The third-order valence-electron chi connectivity index (χ3n) is 3.83. The van der Waals surface area contributed by atoms with Crippen LogP contribution in [0.4, 0.5) is 19.0 Å².